The van der Waals surface area contributed by atoms with Crippen molar-refractivity contribution < 1.29 is 19.4 Å². The summed E-state index contributed by atoms with van der Waals surface area (Å²) in [6.45, 7) is 0.711. The van der Waals surface area contributed by atoms with E-state index in [1.54, 1.807) is 53.2 Å². The number of hydrogen-bond acceptors (Lipinski definition) is 4. The van der Waals surface area contributed by atoms with Gasteiger partial charge in [-0.3, -0.25) is 4.79 Å². The van der Waals surface area contributed by atoms with Gasteiger partial charge in [0.25, 0.3) is 0 Å². The molecule has 5 nitrogen and oxygen atoms in total. The van der Waals surface area contributed by atoms with E-state index < -0.39 is 0 Å². The molecular weight excluding hydrogens is 354 g/mol. The number of carbonyl (C=O) groups is 1. The predicted octanol–water partition coefficient (Wildman–Crippen LogP) is 3.63. The highest BCUT2D eigenvalue weighted by atomic mass is 35.5. The summed E-state index contributed by atoms with van der Waals surface area (Å²) in [5.41, 5.74) is 2.16. The van der Waals surface area contributed by atoms with Gasteiger partial charge in [-0.15, -0.1) is 0 Å². The van der Waals surface area contributed by atoms with Gasteiger partial charge in [0.05, 0.1) is 17.9 Å². The van der Waals surface area contributed by atoms with Crippen LogP contribution in [0.3, 0.4) is 0 Å². The maximum Gasteiger partial charge on any atom is 0.199 e. The Morgan fingerprint density at radius 2 is 1.92 bits per heavy atom. The summed E-state index contributed by atoms with van der Waals surface area (Å²) in [6, 6.07) is 14.0. The first-order valence-corrected chi connectivity index (χ1v) is 8.57. The van der Waals surface area contributed by atoms with Crippen LogP contribution in [0.2, 0.25) is 5.02 Å². The van der Waals surface area contributed by atoms with Crippen LogP contribution in [0.5, 0.6) is 11.5 Å². The quantitative estimate of drug-likeness (QED) is 0.713. The summed E-state index contributed by atoms with van der Waals surface area (Å²) in [5.74, 6) is 0.787. The molecule has 26 heavy (non-hydrogen) atoms. The molecular formula is C20H16ClNO4. The maximum absolute atomic E-state index is 13.3. The topological polar surface area (TPSA) is 60.7 Å². The van der Waals surface area contributed by atoms with Crippen LogP contribution in [-0.2, 0) is 6.61 Å². The van der Waals surface area contributed by atoms with Crippen LogP contribution in [0.4, 0.5) is 0 Å². The molecule has 0 spiro atoms. The highest BCUT2D eigenvalue weighted by Crippen LogP contribution is 2.36. The van der Waals surface area contributed by atoms with E-state index in [9.17, 15) is 9.90 Å². The molecule has 0 fully saturated rings. The lowest BCUT2D eigenvalue weighted by atomic mass is 10.00. The third-order valence-electron chi connectivity index (χ3n) is 4.27. The molecule has 1 N–H and O–H groups in total. The van der Waals surface area contributed by atoms with Crippen molar-refractivity contribution in [2.45, 2.75) is 6.61 Å². The molecule has 3 aromatic rings. The van der Waals surface area contributed by atoms with Gasteiger partial charge in [0, 0.05) is 22.5 Å². The minimum Gasteiger partial charge on any atom is -0.486 e. The van der Waals surface area contributed by atoms with Gasteiger partial charge in [-0.1, -0.05) is 17.7 Å². The zero-order valence-electron chi connectivity index (χ0n) is 13.8. The molecule has 1 aliphatic rings. The molecule has 4 rings (SSSR count). The third kappa shape index (κ3) is 2.85. The third-order valence-corrected chi connectivity index (χ3v) is 4.50. The van der Waals surface area contributed by atoms with E-state index in [1.807, 2.05) is 6.07 Å². The van der Waals surface area contributed by atoms with E-state index in [0.717, 1.165) is 0 Å². The smallest absolute Gasteiger partial charge is 0.199 e. The van der Waals surface area contributed by atoms with Crippen LogP contribution in [0.15, 0.2) is 54.7 Å². The van der Waals surface area contributed by atoms with Crippen LogP contribution in [-0.4, -0.2) is 28.7 Å². The minimum atomic E-state index is -0.220. The molecule has 1 aliphatic heterocycles. The van der Waals surface area contributed by atoms with Crippen molar-refractivity contribution in [3.05, 3.63) is 76.6 Å². The molecule has 0 aliphatic carbocycles. The number of para-hydroxylation sites is 1. The molecule has 0 saturated carbocycles. The van der Waals surface area contributed by atoms with E-state index in [-0.39, 0.29) is 12.4 Å². The lowest BCUT2D eigenvalue weighted by molar-refractivity contribution is 0.102. The van der Waals surface area contributed by atoms with Crippen molar-refractivity contribution in [3.63, 3.8) is 0 Å². The summed E-state index contributed by atoms with van der Waals surface area (Å²) in [7, 11) is 0. The van der Waals surface area contributed by atoms with E-state index in [2.05, 4.69) is 0 Å². The number of aliphatic hydroxyl groups excluding tert-OH is 1. The van der Waals surface area contributed by atoms with Gasteiger partial charge in [-0.25, -0.2) is 0 Å². The molecule has 2 heterocycles. The number of benzene rings is 2. The van der Waals surface area contributed by atoms with Crippen LogP contribution in [0.25, 0.3) is 5.69 Å². The number of halogens is 1. The van der Waals surface area contributed by atoms with Crippen LogP contribution in [0, 0.1) is 0 Å². The van der Waals surface area contributed by atoms with Crippen LogP contribution >= 0.6 is 11.6 Å². The van der Waals surface area contributed by atoms with Crippen molar-refractivity contribution in [2.75, 3.05) is 13.2 Å². The van der Waals surface area contributed by atoms with Crippen LogP contribution < -0.4 is 9.47 Å². The number of ether oxygens (including phenoxy) is 2. The monoisotopic (exact) mass is 369 g/mol. The second-order valence-corrected chi connectivity index (χ2v) is 6.28. The lowest BCUT2D eigenvalue weighted by Crippen LogP contribution is -2.18. The Hall–Kier alpha value is -2.76. The Labute approximate surface area is 155 Å². The number of hydrogen-bond donors (Lipinski definition) is 1. The molecule has 2 aromatic carbocycles. The Bertz CT molecular complexity index is 980. The summed E-state index contributed by atoms with van der Waals surface area (Å²) in [6.07, 6.45) is 1.80. The average Bonchev–Trinajstić information content (AvgIpc) is 3.15. The molecule has 0 bridgehead atoms. The van der Waals surface area contributed by atoms with E-state index in [4.69, 9.17) is 21.1 Å². The van der Waals surface area contributed by atoms with Gasteiger partial charge < -0.3 is 19.1 Å². The van der Waals surface area contributed by atoms with E-state index in [1.165, 1.54) is 0 Å². The average molecular weight is 370 g/mol. The number of fused-ring (bicyclic) bond motifs is 1. The Kier molecular flexibility index (Phi) is 4.41. The molecule has 1 aromatic heterocycles. The van der Waals surface area contributed by atoms with Gasteiger partial charge in [-0.2, -0.15) is 0 Å². The number of aliphatic hydroxyl groups is 1. The second-order valence-electron chi connectivity index (χ2n) is 5.85. The molecule has 6 heteroatoms. The molecule has 0 radical (unpaired) electrons. The molecule has 0 saturated heterocycles. The minimum absolute atomic E-state index is 0.138. The highest BCUT2D eigenvalue weighted by molar-refractivity contribution is 6.31. The molecule has 0 atom stereocenters. The second kappa shape index (κ2) is 6.86. The van der Waals surface area contributed by atoms with Crippen molar-refractivity contribution in [2.24, 2.45) is 0 Å². The summed E-state index contributed by atoms with van der Waals surface area (Å²) >= 11 is 6.16. The summed E-state index contributed by atoms with van der Waals surface area (Å²) in [5, 5.41) is 10.0. The SMILES string of the molecule is O=C(c1cc(Cl)ccc1-n1cccc1CO)c1cccc2c1OCCO2. The Balaban J connectivity index is 1.86. The normalized spacial score (nSPS) is 12.8. The fourth-order valence-electron chi connectivity index (χ4n) is 3.08. The zero-order valence-corrected chi connectivity index (χ0v) is 14.6. The van der Waals surface area contributed by atoms with Crippen LogP contribution in [0.1, 0.15) is 21.6 Å². The number of nitrogens with zero attached hydrogens (tertiary/aromatic N) is 1. The zero-order chi connectivity index (χ0) is 18.1. The van der Waals surface area contributed by atoms with Gasteiger partial charge in [0.15, 0.2) is 17.3 Å². The Morgan fingerprint density at radius 3 is 2.77 bits per heavy atom. The van der Waals surface area contributed by atoms with E-state index in [0.29, 0.717) is 52.2 Å². The standard InChI is InChI=1S/C20H16ClNO4/c21-13-6-7-17(22-8-2-3-14(22)12-23)16(11-13)19(24)15-4-1-5-18-20(15)26-10-9-25-18/h1-8,11,23H,9-10,12H2. The number of rotatable bonds is 4. The largest absolute Gasteiger partial charge is 0.486 e. The van der Waals surface area contributed by atoms with Gasteiger partial charge in [0.2, 0.25) is 0 Å². The highest BCUT2D eigenvalue weighted by Gasteiger charge is 2.24. The molecule has 132 valence electrons. The summed E-state index contributed by atoms with van der Waals surface area (Å²) < 4.78 is 13.0. The van der Waals surface area contributed by atoms with Crippen molar-refractivity contribution in [1.82, 2.24) is 4.57 Å². The number of ketones is 1. The first-order valence-electron chi connectivity index (χ1n) is 8.19. The van der Waals surface area contributed by atoms with Gasteiger partial charge in [-0.05, 0) is 42.5 Å². The van der Waals surface area contributed by atoms with Crippen molar-refractivity contribution >= 4 is 17.4 Å². The fraction of sp³-hybridized carbons (Fsp3) is 0.150. The van der Waals surface area contributed by atoms with Crippen molar-refractivity contribution in [3.8, 4) is 17.2 Å². The van der Waals surface area contributed by atoms with Gasteiger partial charge >= 0.3 is 0 Å². The lowest BCUT2D eigenvalue weighted by Gasteiger charge is -2.21. The number of aromatic nitrogens is 1. The van der Waals surface area contributed by atoms with Crippen molar-refractivity contribution in [1.29, 1.82) is 0 Å². The van der Waals surface area contributed by atoms with Gasteiger partial charge in [0.1, 0.15) is 13.2 Å². The fourth-order valence-corrected chi connectivity index (χ4v) is 3.25. The Morgan fingerprint density at radius 1 is 1.08 bits per heavy atom. The number of carbonyl (C=O) groups excluding carboxylic acids is 1. The molecule has 0 unspecified atom stereocenters. The summed E-state index contributed by atoms with van der Waals surface area (Å²) in [4.78, 5) is 13.3. The van der Waals surface area contributed by atoms with E-state index >= 15 is 0 Å². The molecule has 0 amide bonds. The first-order chi connectivity index (χ1) is 12.7. The first kappa shape index (κ1) is 16.7. The maximum atomic E-state index is 13.3. The predicted molar refractivity (Wildman–Crippen MR) is 97.6 cm³/mol.